The second-order valence-corrected chi connectivity index (χ2v) is 4.83. The molecule has 1 amide bonds. The average molecular weight is 284 g/mol. The highest BCUT2D eigenvalue weighted by Gasteiger charge is 2.24. The molecule has 1 heterocycles. The van der Waals surface area contributed by atoms with E-state index >= 15 is 0 Å². The highest BCUT2D eigenvalue weighted by Crippen LogP contribution is 2.20. The molecular formula is C14H18F2N2O2. The summed E-state index contributed by atoms with van der Waals surface area (Å²) in [5.41, 5.74) is 5.54. The van der Waals surface area contributed by atoms with E-state index in [1.807, 2.05) is 6.92 Å². The topological polar surface area (TPSA) is 55.6 Å². The van der Waals surface area contributed by atoms with Crippen molar-refractivity contribution in [2.24, 2.45) is 0 Å². The molecule has 1 atom stereocenters. The lowest BCUT2D eigenvalue weighted by atomic mass is 10.1. The van der Waals surface area contributed by atoms with Crippen LogP contribution in [0.5, 0.6) is 0 Å². The van der Waals surface area contributed by atoms with Crippen LogP contribution in [-0.4, -0.2) is 36.6 Å². The van der Waals surface area contributed by atoms with Crippen LogP contribution in [-0.2, 0) is 4.74 Å². The number of carbonyl (C=O) groups is 1. The van der Waals surface area contributed by atoms with Crippen molar-refractivity contribution in [3.8, 4) is 0 Å². The highest BCUT2D eigenvalue weighted by atomic mass is 19.2. The predicted octanol–water partition coefficient (Wildman–Crippen LogP) is 2.19. The van der Waals surface area contributed by atoms with Crippen molar-refractivity contribution in [1.29, 1.82) is 0 Å². The van der Waals surface area contributed by atoms with Gasteiger partial charge in [0.05, 0.1) is 11.7 Å². The largest absolute Gasteiger partial charge is 0.398 e. The molecule has 1 unspecified atom stereocenters. The van der Waals surface area contributed by atoms with Gasteiger partial charge in [-0.1, -0.05) is 0 Å². The molecule has 1 aromatic rings. The van der Waals surface area contributed by atoms with E-state index in [4.69, 9.17) is 10.5 Å². The molecule has 6 heteroatoms. The first-order chi connectivity index (χ1) is 9.52. The zero-order valence-corrected chi connectivity index (χ0v) is 11.4. The lowest BCUT2D eigenvalue weighted by molar-refractivity contribution is 0.0539. The van der Waals surface area contributed by atoms with Crippen molar-refractivity contribution in [2.75, 3.05) is 25.4 Å². The molecule has 1 saturated heterocycles. The van der Waals surface area contributed by atoms with Crippen LogP contribution in [0.2, 0.25) is 0 Å². The lowest BCUT2D eigenvalue weighted by Gasteiger charge is -2.24. The number of nitrogens with two attached hydrogens (primary N) is 1. The van der Waals surface area contributed by atoms with E-state index in [1.54, 1.807) is 4.90 Å². The van der Waals surface area contributed by atoms with Gasteiger partial charge in [-0.25, -0.2) is 8.78 Å². The molecule has 0 saturated carbocycles. The van der Waals surface area contributed by atoms with Crippen molar-refractivity contribution < 1.29 is 18.3 Å². The summed E-state index contributed by atoms with van der Waals surface area (Å²) in [5.74, 6) is -2.53. The number of nitrogen functional groups attached to an aromatic ring is 1. The maximum Gasteiger partial charge on any atom is 0.256 e. The molecule has 0 spiro atoms. The van der Waals surface area contributed by atoms with Gasteiger partial charge in [-0.3, -0.25) is 4.79 Å². The Morgan fingerprint density at radius 2 is 2.15 bits per heavy atom. The van der Waals surface area contributed by atoms with Crippen LogP contribution in [0.25, 0.3) is 0 Å². The average Bonchev–Trinajstić information content (AvgIpc) is 2.92. The fourth-order valence-electron chi connectivity index (χ4n) is 2.31. The van der Waals surface area contributed by atoms with Crippen molar-refractivity contribution in [2.45, 2.75) is 25.9 Å². The zero-order chi connectivity index (χ0) is 14.7. The molecule has 1 aromatic carbocycles. The lowest BCUT2D eigenvalue weighted by Crippen LogP contribution is -2.37. The summed E-state index contributed by atoms with van der Waals surface area (Å²) < 4.78 is 31.8. The fraction of sp³-hybridized carbons (Fsp3) is 0.500. The third kappa shape index (κ3) is 3.07. The molecule has 0 bridgehead atoms. The number of anilines is 1. The molecule has 1 aliphatic rings. The van der Waals surface area contributed by atoms with E-state index < -0.39 is 17.5 Å². The van der Waals surface area contributed by atoms with E-state index in [9.17, 15) is 13.6 Å². The molecule has 1 fully saturated rings. The first-order valence-corrected chi connectivity index (χ1v) is 6.68. The standard InChI is InChI=1S/C14H18F2N2O2/c1-2-18(8-9-4-3-5-20-9)14(19)10-6-11(15)12(16)7-13(10)17/h6-7,9H,2-5,8,17H2,1H3. The van der Waals surface area contributed by atoms with Gasteiger partial charge in [0.25, 0.3) is 5.91 Å². The van der Waals surface area contributed by atoms with Gasteiger partial charge in [-0.2, -0.15) is 0 Å². The van der Waals surface area contributed by atoms with Gasteiger partial charge in [0.1, 0.15) is 0 Å². The summed E-state index contributed by atoms with van der Waals surface area (Å²) in [6.07, 6.45) is 1.88. The molecule has 1 aliphatic heterocycles. The minimum Gasteiger partial charge on any atom is -0.398 e. The van der Waals surface area contributed by atoms with E-state index in [1.165, 1.54) is 0 Å². The molecule has 0 aromatic heterocycles. The Morgan fingerprint density at radius 1 is 1.45 bits per heavy atom. The summed E-state index contributed by atoms with van der Waals surface area (Å²) in [7, 11) is 0. The first kappa shape index (κ1) is 14.7. The fourth-order valence-corrected chi connectivity index (χ4v) is 2.31. The van der Waals surface area contributed by atoms with Gasteiger partial charge >= 0.3 is 0 Å². The maximum atomic E-state index is 13.3. The number of hydrogen-bond donors (Lipinski definition) is 1. The molecule has 2 rings (SSSR count). The predicted molar refractivity (Wildman–Crippen MR) is 71.3 cm³/mol. The monoisotopic (exact) mass is 284 g/mol. The third-order valence-corrected chi connectivity index (χ3v) is 3.44. The van der Waals surface area contributed by atoms with Gasteiger partial charge in [0.15, 0.2) is 11.6 Å². The Bertz CT molecular complexity index is 502. The van der Waals surface area contributed by atoms with Crippen LogP contribution in [0.1, 0.15) is 30.1 Å². The Hall–Kier alpha value is -1.69. The van der Waals surface area contributed by atoms with Crippen molar-refractivity contribution in [3.05, 3.63) is 29.3 Å². The quantitative estimate of drug-likeness (QED) is 0.862. The minimum atomic E-state index is -1.07. The normalized spacial score (nSPS) is 18.2. The van der Waals surface area contributed by atoms with Gasteiger partial charge in [-0.05, 0) is 25.8 Å². The number of hydrogen-bond acceptors (Lipinski definition) is 3. The molecule has 20 heavy (non-hydrogen) atoms. The van der Waals surface area contributed by atoms with Gasteiger partial charge in [0, 0.05) is 31.5 Å². The van der Waals surface area contributed by atoms with E-state index in [-0.39, 0.29) is 17.4 Å². The van der Waals surface area contributed by atoms with Gasteiger partial charge in [-0.15, -0.1) is 0 Å². The van der Waals surface area contributed by atoms with E-state index in [0.29, 0.717) is 19.7 Å². The van der Waals surface area contributed by atoms with Crippen LogP contribution >= 0.6 is 0 Å². The van der Waals surface area contributed by atoms with Crippen LogP contribution < -0.4 is 5.73 Å². The number of amides is 1. The minimum absolute atomic E-state index is 0.00502. The van der Waals surface area contributed by atoms with Crippen molar-refractivity contribution >= 4 is 11.6 Å². The third-order valence-electron chi connectivity index (χ3n) is 3.44. The van der Waals surface area contributed by atoms with Crippen LogP contribution in [0.3, 0.4) is 0 Å². The molecule has 0 radical (unpaired) electrons. The number of halogens is 2. The summed E-state index contributed by atoms with van der Waals surface area (Å²) in [5, 5.41) is 0. The number of rotatable bonds is 4. The number of benzene rings is 1. The highest BCUT2D eigenvalue weighted by molar-refractivity contribution is 5.99. The number of nitrogens with zero attached hydrogens (tertiary/aromatic N) is 1. The van der Waals surface area contributed by atoms with E-state index in [2.05, 4.69) is 0 Å². The van der Waals surface area contributed by atoms with Gasteiger partial charge < -0.3 is 15.4 Å². The summed E-state index contributed by atoms with van der Waals surface area (Å²) >= 11 is 0. The zero-order valence-electron chi connectivity index (χ0n) is 11.4. The molecule has 110 valence electrons. The molecule has 0 aliphatic carbocycles. The number of likely N-dealkylation sites (N-methyl/N-ethyl adjacent to an activating group) is 1. The van der Waals surface area contributed by atoms with Crippen LogP contribution in [0, 0.1) is 11.6 Å². The number of carbonyl (C=O) groups excluding carboxylic acids is 1. The first-order valence-electron chi connectivity index (χ1n) is 6.68. The van der Waals surface area contributed by atoms with Crippen molar-refractivity contribution in [1.82, 2.24) is 4.90 Å². The van der Waals surface area contributed by atoms with E-state index in [0.717, 1.165) is 25.0 Å². The molecule has 2 N–H and O–H groups in total. The van der Waals surface area contributed by atoms with Gasteiger partial charge in [0.2, 0.25) is 0 Å². The number of ether oxygens (including phenoxy) is 1. The summed E-state index contributed by atoms with van der Waals surface area (Å²) in [4.78, 5) is 13.9. The van der Waals surface area contributed by atoms with Crippen molar-refractivity contribution in [3.63, 3.8) is 0 Å². The second-order valence-electron chi connectivity index (χ2n) is 4.83. The van der Waals surface area contributed by atoms with Crippen LogP contribution in [0.15, 0.2) is 12.1 Å². The Morgan fingerprint density at radius 3 is 2.75 bits per heavy atom. The Balaban J connectivity index is 2.17. The SMILES string of the molecule is CCN(CC1CCCO1)C(=O)c1cc(F)c(F)cc1N. The Kier molecular flexibility index (Phi) is 4.54. The van der Waals surface area contributed by atoms with Crippen LogP contribution in [0.4, 0.5) is 14.5 Å². The maximum absolute atomic E-state index is 13.3. The Labute approximate surface area is 116 Å². The summed E-state index contributed by atoms with van der Waals surface area (Å²) in [6.45, 7) is 3.41. The summed E-state index contributed by atoms with van der Waals surface area (Å²) in [6, 6.07) is 1.69. The smallest absolute Gasteiger partial charge is 0.256 e. The second kappa shape index (κ2) is 6.17. The molecular weight excluding hydrogens is 266 g/mol. The molecule has 4 nitrogen and oxygen atoms in total.